The summed E-state index contributed by atoms with van der Waals surface area (Å²) in [5, 5.41) is 74.4. The fourth-order valence-corrected chi connectivity index (χ4v) is 11.9. The lowest BCUT2D eigenvalue weighted by molar-refractivity contribution is -0.299. The summed E-state index contributed by atoms with van der Waals surface area (Å²) in [5.74, 6) is 1.10. The average Bonchev–Trinajstić information content (AvgIpc) is 3.32. The molecular formula is C36H62O9. The molecule has 5 fully saturated rings. The molecule has 260 valence electrons. The van der Waals surface area contributed by atoms with Crippen molar-refractivity contribution in [1.29, 1.82) is 0 Å². The van der Waals surface area contributed by atoms with Crippen LogP contribution in [0.15, 0.2) is 11.6 Å². The summed E-state index contributed by atoms with van der Waals surface area (Å²) in [7, 11) is 0. The highest BCUT2D eigenvalue weighted by Gasteiger charge is 2.71. The van der Waals surface area contributed by atoms with Gasteiger partial charge in [0.25, 0.3) is 0 Å². The maximum absolute atomic E-state index is 12.0. The van der Waals surface area contributed by atoms with Crippen LogP contribution in [0.3, 0.4) is 0 Å². The fraction of sp³-hybridized carbons (Fsp3) is 0.944. The normalized spacial score (nSPS) is 51.2. The molecule has 0 aromatic rings. The lowest BCUT2D eigenvalue weighted by Gasteiger charge is -2.71. The minimum absolute atomic E-state index is 0.0186. The molecule has 0 aromatic carbocycles. The molecule has 4 aliphatic carbocycles. The molecule has 5 aliphatic rings. The van der Waals surface area contributed by atoms with Gasteiger partial charge in [-0.3, -0.25) is 0 Å². The van der Waals surface area contributed by atoms with Crippen molar-refractivity contribution in [2.45, 2.75) is 155 Å². The van der Waals surface area contributed by atoms with Crippen molar-refractivity contribution < 1.29 is 45.2 Å². The Balaban J connectivity index is 1.23. The molecule has 5 rings (SSSR count). The Hall–Kier alpha value is -0.620. The van der Waals surface area contributed by atoms with Crippen LogP contribution in [-0.2, 0) is 9.47 Å². The van der Waals surface area contributed by atoms with Crippen molar-refractivity contribution in [3.63, 3.8) is 0 Å². The first-order chi connectivity index (χ1) is 20.8. The molecule has 1 saturated heterocycles. The topological polar surface area (TPSA) is 160 Å². The van der Waals surface area contributed by atoms with Gasteiger partial charge in [0.05, 0.1) is 31.0 Å². The highest BCUT2D eigenvalue weighted by Crippen LogP contribution is 2.75. The van der Waals surface area contributed by atoms with Crippen LogP contribution in [-0.4, -0.2) is 97.5 Å². The number of fused-ring (bicyclic) bond motifs is 5. The summed E-state index contributed by atoms with van der Waals surface area (Å²) in [4.78, 5) is 0. The van der Waals surface area contributed by atoms with E-state index in [-0.39, 0.29) is 46.2 Å². The van der Waals surface area contributed by atoms with Gasteiger partial charge in [-0.05, 0) is 117 Å². The molecule has 15 unspecified atom stereocenters. The summed E-state index contributed by atoms with van der Waals surface area (Å²) in [6, 6.07) is 0. The molecule has 0 spiro atoms. The molecular weight excluding hydrogens is 576 g/mol. The molecule has 0 radical (unpaired) electrons. The van der Waals surface area contributed by atoms with Gasteiger partial charge in [-0.25, -0.2) is 0 Å². The van der Waals surface area contributed by atoms with Crippen LogP contribution in [0.4, 0.5) is 0 Å². The van der Waals surface area contributed by atoms with E-state index in [4.69, 9.17) is 9.47 Å². The van der Waals surface area contributed by atoms with Gasteiger partial charge in [-0.1, -0.05) is 46.3 Å². The Morgan fingerprint density at radius 2 is 1.60 bits per heavy atom. The van der Waals surface area contributed by atoms with E-state index < -0.39 is 49.0 Å². The van der Waals surface area contributed by atoms with E-state index in [1.54, 1.807) is 0 Å². The first-order valence-electron chi connectivity index (χ1n) is 17.5. The quantitative estimate of drug-likeness (QED) is 0.198. The number of allylic oxidation sites excluding steroid dienone is 1. The molecule has 9 heteroatoms. The predicted molar refractivity (Wildman–Crippen MR) is 170 cm³/mol. The molecule has 1 aliphatic heterocycles. The van der Waals surface area contributed by atoms with E-state index in [1.165, 1.54) is 0 Å². The van der Waals surface area contributed by atoms with Gasteiger partial charge in [-0.2, -0.15) is 0 Å². The van der Waals surface area contributed by atoms with Crippen LogP contribution in [0.1, 0.15) is 106 Å². The number of aliphatic hydroxyl groups excluding tert-OH is 6. The summed E-state index contributed by atoms with van der Waals surface area (Å²) in [5.41, 5.74) is -0.321. The van der Waals surface area contributed by atoms with Crippen molar-refractivity contribution in [2.24, 2.45) is 45.3 Å². The van der Waals surface area contributed by atoms with E-state index in [0.717, 1.165) is 50.5 Å². The van der Waals surface area contributed by atoms with E-state index >= 15 is 0 Å². The Morgan fingerprint density at radius 3 is 2.27 bits per heavy atom. The van der Waals surface area contributed by atoms with E-state index in [9.17, 15) is 35.7 Å². The molecule has 0 amide bonds. The third-order valence-electron chi connectivity index (χ3n) is 14.5. The van der Waals surface area contributed by atoms with E-state index in [0.29, 0.717) is 24.7 Å². The first kappa shape index (κ1) is 35.7. The maximum atomic E-state index is 12.0. The first-order valence-corrected chi connectivity index (χ1v) is 17.5. The molecule has 4 saturated carbocycles. The van der Waals surface area contributed by atoms with Gasteiger partial charge in [0.2, 0.25) is 0 Å². The van der Waals surface area contributed by atoms with Gasteiger partial charge >= 0.3 is 0 Å². The van der Waals surface area contributed by atoms with E-state index in [1.807, 2.05) is 19.9 Å². The highest BCUT2D eigenvalue weighted by atomic mass is 16.7. The SMILES string of the molecule is CC(=CCCC(C)(O)C1CCC2(C)C1CCC1C3(C)CCC(O)C(C)(C)C3C(O)CC12C)COC1OC(CO)C(O)C(O)C1O. The third-order valence-corrected chi connectivity index (χ3v) is 14.5. The Bertz CT molecular complexity index is 1090. The highest BCUT2D eigenvalue weighted by molar-refractivity contribution is 5.20. The summed E-state index contributed by atoms with van der Waals surface area (Å²) >= 11 is 0. The molecule has 1 heterocycles. The zero-order chi connectivity index (χ0) is 33.3. The lowest BCUT2D eigenvalue weighted by Crippen LogP contribution is -2.68. The van der Waals surface area contributed by atoms with Gasteiger partial charge in [-0.15, -0.1) is 0 Å². The van der Waals surface area contributed by atoms with Crippen LogP contribution >= 0.6 is 0 Å². The zero-order valence-corrected chi connectivity index (χ0v) is 28.7. The number of hydrogen-bond donors (Lipinski definition) is 7. The second-order valence-corrected chi connectivity index (χ2v) is 17.3. The second-order valence-electron chi connectivity index (χ2n) is 17.3. The molecule has 45 heavy (non-hydrogen) atoms. The monoisotopic (exact) mass is 638 g/mol. The summed E-state index contributed by atoms with van der Waals surface area (Å²) in [6.45, 7) is 15.1. The van der Waals surface area contributed by atoms with Crippen molar-refractivity contribution in [1.82, 2.24) is 0 Å². The van der Waals surface area contributed by atoms with Crippen molar-refractivity contribution >= 4 is 0 Å². The number of hydrogen-bond acceptors (Lipinski definition) is 9. The van der Waals surface area contributed by atoms with Crippen LogP contribution in [0.5, 0.6) is 0 Å². The number of aliphatic hydroxyl groups is 7. The summed E-state index contributed by atoms with van der Waals surface area (Å²) in [6.07, 6.45) is 2.66. The third kappa shape index (κ3) is 5.68. The smallest absolute Gasteiger partial charge is 0.187 e. The van der Waals surface area contributed by atoms with Gasteiger partial charge in [0.1, 0.15) is 24.4 Å². The average molecular weight is 639 g/mol. The summed E-state index contributed by atoms with van der Waals surface area (Å²) < 4.78 is 11.1. The standard InChI is InChI=1S/C36H62O9/c1-20(19-44-31-29(42)28(41)27(40)24(18-37)45-31)9-8-14-36(7,43)22-12-16-34(5)21(22)10-11-25-33(4)15-13-26(39)32(2,3)30(33)23(38)17-35(25,34)6/h9,21-31,37-43H,8,10-19H2,1-7H3. The predicted octanol–water partition coefficient (Wildman–Crippen LogP) is 3.30. The fourth-order valence-electron chi connectivity index (χ4n) is 11.9. The van der Waals surface area contributed by atoms with Crippen LogP contribution in [0, 0.1) is 45.3 Å². The van der Waals surface area contributed by atoms with Crippen LogP contribution < -0.4 is 0 Å². The Kier molecular flexibility index (Phi) is 9.80. The van der Waals surface area contributed by atoms with Crippen LogP contribution in [0.25, 0.3) is 0 Å². The lowest BCUT2D eigenvalue weighted by atomic mass is 9.35. The maximum Gasteiger partial charge on any atom is 0.187 e. The largest absolute Gasteiger partial charge is 0.394 e. The second kappa shape index (κ2) is 12.4. The molecule has 0 bridgehead atoms. The minimum atomic E-state index is -1.47. The molecule has 9 nitrogen and oxygen atoms in total. The van der Waals surface area contributed by atoms with Crippen LogP contribution in [0.2, 0.25) is 0 Å². The van der Waals surface area contributed by atoms with Crippen molar-refractivity contribution in [3.05, 3.63) is 11.6 Å². The minimum Gasteiger partial charge on any atom is -0.394 e. The Labute approximate surface area is 270 Å². The van der Waals surface area contributed by atoms with Crippen molar-refractivity contribution in [2.75, 3.05) is 13.2 Å². The molecule has 15 atom stereocenters. The van der Waals surface area contributed by atoms with E-state index in [2.05, 4.69) is 34.6 Å². The van der Waals surface area contributed by atoms with Gasteiger partial charge < -0.3 is 45.2 Å². The number of rotatable bonds is 8. The van der Waals surface area contributed by atoms with Gasteiger partial charge in [0.15, 0.2) is 6.29 Å². The van der Waals surface area contributed by atoms with Gasteiger partial charge in [0, 0.05) is 0 Å². The van der Waals surface area contributed by atoms with Crippen molar-refractivity contribution in [3.8, 4) is 0 Å². The zero-order valence-electron chi connectivity index (χ0n) is 28.7. The molecule has 0 aromatic heterocycles. The molecule has 7 N–H and O–H groups in total. The number of ether oxygens (including phenoxy) is 2. The Morgan fingerprint density at radius 1 is 0.911 bits per heavy atom.